The minimum absolute atomic E-state index is 0.0979. The predicted octanol–water partition coefficient (Wildman–Crippen LogP) is 2.51. The fraction of sp³-hybridized carbons (Fsp3) is 0.357. The molecule has 1 aliphatic rings. The van der Waals surface area contributed by atoms with Crippen LogP contribution in [0.5, 0.6) is 0 Å². The van der Waals surface area contributed by atoms with Gasteiger partial charge in [-0.1, -0.05) is 24.3 Å². The van der Waals surface area contributed by atoms with E-state index in [0.29, 0.717) is 25.2 Å². The smallest absolute Gasteiger partial charge is 0.317 e. The second kappa shape index (κ2) is 5.67. The van der Waals surface area contributed by atoms with Crippen molar-refractivity contribution in [2.75, 3.05) is 19.6 Å². The molecule has 0 aliphatic carbocycles. The van der Waals surface area contributed by atoms with Crippen molar-refractivity contribution in [3.05, 3.63) is 48.3 Å². The molecule has 0 saturated carbocycles. The van der Waals surface area contributed by atoms with Gasteiger partial charge in [0.05, 0.1) is 0 Å². The molecule has 2 amide bonds. The van der Waals surface area contributed by atoms with Gasteiger partial charge in [0.1, 0.15) is 5.82 Å². The molecule has 18 heavy (non-hydrogen) atoms. The van der Waals surface area contributed by atoms with Gasteiger partial charge in [-0.15, -0.1) is 6.58 Å². The third kappa shape index (κ3) is 2.70. The molecule has 0 spiro atoms. The van der Waals surface area contributed by atoms with Crippen molar-refractivity contribution in [3.8, 4) is 0 Å². The van der Waals surface area contributed by atoms with Gasteiger partial charge in [0, 0.05) is 25.6 Å². The fourth-order valence-corrected chi connectivity index (χ4v) is 2.28. The van der Waals surface area contributed by atoms with Gasteiger partial charge in [-0.25, -0.2) is 9.18 Å². The van der Waals surface area contributed by atoms with Crippen LogP contribution in [-0.2, 0) is 0 Å². The average Bonchev–Trinajstić information content (AvgIpc) is 2.86. The van der Waals surface area contributed by atoms with Crippen LogP contribution < -0.4 is 5.32 Å². The van der Waals surface area contributed by atoms with Crippen molar-refractivity contribution in [2.24, 2.45) is 0 Å². The van der Waals surface area contributed by atoms with Crippen LogP contribution in [0.2, 0.25) is 0 Å². The number of hydrogen-bond acceptors (Lipinski definition) is 1. The number of halogens is 1. The Morgan fingerprint density at radius 3 is 3.06 bits per heavy atom. The van der Waals surface area contributed by atoms with Crippen molar-refractivity contribution in [1.82, 2.24) is 10.2 Å². The molecule has 1 aliphatic heterocycles. The molecule has 1 aromatic rings. The Kier molecular flexibility index (Phi) is 3.97. The van der Waals surface area contributed by atoms with Crippen molar-refractivity contribution >= 4 is 6.03 Å². The zero-order chi connectivity index (χ0) is 13.0. The van der Waals surface area contributed by atoms with E-state index in [1.54, 1.807) is 23.1 Å². The van der Waals surface area contributed by atoms with Crippen molar-refractivity contribution in [2.45, 2.75) is 12.3 Å². The van der Waals surface area contributed by atoms with Crippen LogP contribution in [0.25, 0.3) is 0 Å². The molecule has 1 N–H and O–H groups in total. The largest absolute Gasteiger partial charge is 0.335 e. The Bertz CT molecular complexity index is 447. The Balaban J connectivity index is 1.98. The second-order valence-electron chi connectivity index (χ2n) is 4.43. The fourth-order valence-electron chi connectivity index (χ4n) is 2.28. The van der Waals surface area contributed by atoms with Gasteiger partial charge >= 0.3 is 6.03 Å². The Hall–Kier alpha value is -1.84. The Morgan fingerprint density at radius 2 is 2.33 bits per heavy atom. The molecule has 1 unspecified atom stereocenters. The minimum atomic E-state index is -0.184. The normalized spacial score (nSPS) is 18.7. The highest BCUT2D eigenvalue weighted by Crippen LogP contribution is 2.28. The minimum Gasteiger partial charge on any atom is -0.335 e. The van der Waals surface area contributed by atoms with Crippen LogP contribution in [0.15, 0.2) is 36.9 Å². The first-order chi connectivity index (χ1) is 8.72. The summed E-state index contributed by atoms with van der Waals surface area (Å²) in [6.45, 7) is 5.25. The molecule has 0 bridgehead atoms. The number of hydrogen-bond donors (Lipinski definition) is 1. The lowest BCUT2D eigenvalue weighted by atomic mass is 9.98. The maximum absolute atomic E-state index is 13.6. The summed E-state index contributed by atoms with van der Waals surface area (Å²) in [5.74, 6) is -0.0865. The van der Waals surface area contributed by atoms with E-state index in [1.807, 2.05) is 6.07 Å². The number of carbonyl (C=O) groups excluding carboxylic acids is 1. The van der Waals surface area contributed by atoms with E-state index in [4.69, 9.17) is 0 Å². The van der Waals surface area contributed by atoms with Gasteiger partial charge in [0.2, 0.25) is 0 Å². The molecule has 4 heteroatoms. The average molecular weight is 248 g/mol. The lowest BCUT2D eigenvalue weighted by Crippen LogP contribution is -2.38. The highest BCUT2D eigenvalue weighted by Gasteiger charge is 2.28. The SMILES string of the molecule is C=CCNC(=O)N1CCC(c2ccccc2F)C1. The van der Waals surface area contributed by atoms with Crippen molar-refractivity contribution in [1.29, 1.82) is 0 Å². The van der Waals surface area contributed by atoms with E-state index in [-0.39, 0.29) is 17.8 Å². The number of urea groups is 1. The van der Waals surface area contributed by atoms with Crippen LogP contribution in [0, 0.1) is 5.82 Å². The van der Waals surface area contributed by atoms with Gasteiger partial charge in [0.25, 0.3) is 0 Å². The summed E-state index contributed by atoms with van der Waals surface area (Å²) in [7, 11) is 0. The lowest BCUT2D eigenvalue weighted by Gasteiger charge is -2.17. The number of nitrogens with one attached hydrogen (secondary N) is 1. The molecular weight excluding hydrogens is 231 g/mol. The summed E-state index contributed by atoms with van der Waals surface area (Å²) in [5, 5.41) is 2.74. The number of rotatable bonds is 3. The zero-order valence-electron chi connectivity index (χ0n) is 10.2. The quantitative estimate of drug-likeness (QED) is 0.819. The maximum Gasteiger partial charge on any atom is 0.317 e. The number of carbonyl (C=O) groups is 1. The summed E-state index contributed by atoms with van der Waals surface area (Å²) >= 11 is 0. The third-order valence-electron chi connectivity index (χ3n) is 3.22. The molecule has 1 fully saturated rings. The van der Waals surface area contributed by atoms with Crippen molar-refractivity contribution < 1.29 is 9.18 Å². The monoisotopic (exact) mass is 248 g/mol. The maximum atomic E-state index is 13.6. The number of amides is 2. The predicted molar refractivity (Wildman–Crippen MR) is 68.9 cm³/mol. The summed E-state index contributed by atoms with van der Waals surface area (Å²) in [6, 6.07) is 6.68. The molecule has 0 radical (unpaired) electrons. The van der Waals surface area contributed by atoms with Gasteiger partial charge < -0.3 is 10.2 Å². The van der Waals surface area contributed by atoms with Gasteiger partial charge in [-0.3, -0.25) is 0 Å². The number of benzene rings is 1. The summed E-state index contributed by atoms with van der Waals surface area (Å²) < 4.78 is 13.6. The highest BCUT2D eigenvalue weighted by molar-refractivity contribution is 5.74. The van der Waals surface area contributed by atoms with Crippen LogP contribution in [0.3, 0.4) is 0 Å². The van der Waals surface area contributed by atoms with Gasteiger partial charge in [-0.2, -0.15) is 0 Å². The first kappa shape index (κ1) is 12.6. The first-order valence-corrected chi connectivity index (χ1v) is 6.10. The molecule has 3 nitrogen and oxygen atoms in total. The van der Waals surface area contributed by atoms with Gasteiger partial charge in [-0.05, 0) is 18.1 Å². The van der Waals surface area contributed by atoms with Crippen LogP contribution >= 0.6 is 0 Å². The standard InChI is InChI=1S/C14H17FN2O/c1-2-8-16-14(18)17-9-7-11(10-17)12-5-3-4-6-13(12)15/h2-6,11H,1,7-10H2,(H,16,18). The van der Waals surface area contributed by atoms with E-state index in [1.165, 1.54) is 6.07 Å². The Morgan fingerprint density at radius 1 is 1.56 bits per heavy atom. The zero-order valence-corrected chi connectivity index (χ0v) is 10.2. The molecular formula is C14H17FN2O. The van der Waals surface area contributed by atoms with Crippen LogP contribution in [0.4, 0.5) is 9.18 Å². The molecule has 96 valence electrons. The van der Waals surface area contributed by atoms with Gasteiger partial charge in [0.15, 0.2) is 0 Å². The van der Waals surface area contributed by atoms with E-state index in [0.717, 1.165) is 6.42 Å². The van der Waals surface area contributed by atoms with Crippen molar-refractivity contribution in [3.63, 3.8) is 0 Å². The Labute approximate surface area is 106 Å². The van der Waals surface area contributed by atoms with E-state index in [2.05, 4.69) is 11.9 Å². The highest BCUT2D eigenvalue weighted by atomic mass is 19.1. The number of likely N-dealkylation sites (tertiary alicyclic amines) is 1. The first-order valence-electron chi connectivity index (χ1n) is 6.10. The van der Waals surface area contributed by atoms with Crippen LogP contribution in [-0.4, -0.2) is 30.6 Å². The lowest BCUT2D eigenvalue weighted by molar-refractivity contribution is 0.209. The summed E-state index contributed by atoms with van der Waals surface area (Å²) in [6.07, 6.45) is 2.45. The van der Waals surface area contributed by atoms with E-state index < -0.39 is 0 Å². The third-order valence-corrected chi connectivity index (χ3v) is 3.22. The van der Waals surface area contributed by atoms with E-state index >= 15 is 0 Å². The molecule has 1 aromatic carbocycles. The number of nitrogens with zero attached hydrogens (tertiary/aromatic N) is 1. The molecule has 1 saturated heterocycles. The summed E-state index contributed by atoms with van der Waals surface area (Å²) in [4.78, 5) is 13.5. The topological polar surface area (TPSA) is 32.3 Å². The van der Waals surface area contributed by atoms with E-state index in [9.17, 15) is 9.18 Å². The van der Waals surface area contributed by atoms with Crippen LogP contribution in [0.1, 0.15) is 17.9 Å². The molecule has 1 heterocycles. The molecule has 0 aromatic heterocycles. The summed E-state index contributed by atoms with van der Waals surface area (Å²) in [5.41, 5.74) is 0.705. The second-order valence-corrected chi connectivity index (χ2v) is 4.43. The molecule has 1 atom stereocenters. The molecule has 2 rings (SSSR count).